The SMILES string of the molecule is CCC(C)(C)CNCCCC(C)C. The molecule has 0 unspecified atom stereocenters. The summed E-state index contributed by atoms with van der Waals surface area (Å²) >= 11 is 0. The lowest BCUT2D eigenvalue weighted by Crippen LogP contribution is -2.29. The van der Waals surface area contributed by atoms with Crippen LogP contribution in [0.15, 0.2) is 0 Å². The van der Waals surface area contributed by atoms with Crippen LogP contribution in [0.1, 0.15) is 53.9 Å². The maximum Gasteiger partial charge on any atom is 0.000241 e. The van der Waals surface area contributed by atoms with E-state index in [0.717, 1.165) is 12.5 Å². The van der Waals surface area contributed by atoms with Gasteiger partial charge in [-0.05, 0) is 37.1 Å². The highest BCUT2D eigenvalue weighted by molar-refractivity contribution is 4.69. The highest BCUT2D eigenvalue weighted by Gasteiger charge is 2.13. The van der Waals surface area contributed by atoms with Crippen molar-refractivity contribution in [1.82, 2.24) is 5.32 Å². The molecule has 0 saturated heterocycles. The second-order valence-corrected chi connectivity index (χ2v) is 5.23. The zero-order valence-corrected chi connectivity index (χ0v) is 10.1. The molecule has 1 N–H and O–H groups in total. The van der Waals surface area contributed by atoms with Gasteiger partial charge in [0.1, 0.15) is 0 Å². The van der Waals surface area contributed by atoms with E-state index in [2.05, 4.69) is 39.9 Å². The first kappa shape index (κ1) is 13.0. The van der Waals surface area contributed by atoms with Gasteiger partial charge in [-0.2, -0.15) is 0 Å². The van der Waals surface area contributed by atoms with Crippen LogP contribution >= 0.6 is 0 Å². The Labute approximate surface area is 84.3 Å². The van der Waals surface area contributed by atoms with Crippen molar-refractivity contribution < 1.29 is 0 Å². The first-order chi connectivity index (χ1) is 5.98. The molecule has 80 valence electrons. The van der Waals surface area contributed by atoms with Crippen LogP contribution < -0.4 is 5.32 Å². The normalized spacial score (nSPS) is 12.5. The molecule has 0 aromatic heterocycles. The summed E-state index contributed by atoms with van der Waals surface area (Å²) in [5.74, 6) is 0.848. The lowest BCUT2D eigenvalue weighted by Gasteiger charge is -2.23. The Bertz CT molecular complexity index is 116. The molecule has 0 bridgehead atoms. The number of hydrogen-bond acceptors (Lipinski definition) is 1. The summed E-state index contributed by atoms with van der Waals surface area (Å²) in [6.07, 6.45) is 3.92. The quantitative estimate of drug-likeness (QED) is 0.599. The van der Waals surface area contributed by atoms with E-state index in [1.54, 1.807) is 0 Å². The van der Waals surface area contributed by atoms with Crippen molar-refractivity contribution in [2.24, 2.45) is 11.3 Å². The Morgan fingerprint density at radius 2 is 1.85 bits per heavy atom. The average molecular weight is 185 g/mol. The highest BCUT2D eigenvalue weighted by atomic mass is 14.9. The minimum atomic E-state index is 0.470. The van der Waals surface area contributed by atoms with Crippen molar-refractivity contribution in [3.8, 4) is 0 Å². The average Bonchev–Trinajstić information content (AvgIpc) is 2.03. The van der Waals surface area contributed by atoms with Gasteiger partial charge in [0.15, 0.2) is 0 Å². The molecule has 0 aliphatic rings. The van der Waals surface area contributed by atoms with Gasteiger partial charge in [0.2, 0.25) is 0 Å². The third-order valence-electron chi connectivity index (χ3n) is 2.70. The predicted molar refractivity (Wildman–Crippen MR) is 61.0 cm³/mol. The molecule has 0 atom stereocenters. The summed E-state index contributed by atoms with van der Waals surface area (Å²) in [4.78, 5) is 0. The standard InChI is InChI=1S/C12H27N/c1-6-12(4,5)10-13-9-7-8-11(2)3/h11,13H,6-10H2,1-5H3. The summed E-state index contributed by atoms with van der Waals surface area (Å²) in [5, 5.41) is 3.53. The predicted octanol–water partition coefficient (Wildman–Crippen LogP) is 3.45. The van der Waals surface area contributed by atoms with Gasteiger partial charge < -0.3 is 5.32 Å². The lowest BCUT2D eigenvalue weighted by molar-refractivity contribution is 0.326. The maximum absolute atomic E-state index is 3.53. The van der Waals surface area contributed by atoms with Crippen molar-refractivity contribution in [1.29, 1.82) is 0 Å². The van der Waals surface area contributed by atoms with E-state index in [0.29, 0.717) is 5.41 Å². The molecule has 1 heteroatoms. The monoisotopic (exact) mass is 185 g/mol. The third kappa shape index (κ3) is 8.29. The van der Waals surface area contributed by atoms with E-state index in [9.17, 15) is 0 Å². The molecule has 0 aliphatic heterocycles. The molecule has 13 heavy (non-hydrogen) atoms. The van der Waals surface area contributed by atoms with Gasteiger partial charge >= 0.3 is 0 Å². The molecule has 1 nitrogen and oxygen atoms in total. The fourth-order valence-electron chi connectivity index (χ4n) is 1.19. The second-order valence-electron chi connectivity index (χ2n) is 5.23. The van der Waals surface area contributed by atoms with Crippen LogP contribution in [-0.2, 0) is 0 Å². The fourth-order valence-corrected chi connectivity index (χ4v) is 1.19. The molecule has 0 aliphatic carbocycles. The van der Waals surface area contributed by atoms with Gasteiger partial charge in [0, 0.05) is 6.54 Å². The van der Waals surface area contributed by atoms with Crippen LogP contribution in [0.2, 0.25) is 0 Å². The molecule has 0 spiro atoms. The van der Waals surface area contributed by atoms with Crippen molar-refractivity contribution in [3.05, 3.63) is 0 Å². The Balaban J connectivity index is 3.26. The van der Waals surface area contributed by atoms with Gasteiger partial charge in [-0.3, -0.25) is 0 Å². The summed E-state index contributed by atoms with van der Waals surface area (Å²) in [5.41, 5.74) is 0.470. The fraction of sp³-hybridized carbons (Fsp3) is 1.00. The first-order valence-corrected chi connectivity index (χ1v) is 5.68. The van der Waals surface area contributed by atoms with Crippen LogP contribution in [0.3, 0.4) is 0 Å². The van der Waals surface area contributed by atoms with Gasteiger partial charge in [-0.25, -0.2) is 0 Å². The van der Waals surface area contributed by atoms with Crippen molar-refractivity contribution in [2.75, 3.05) is 13.1 Å². The highest BCUT2D eigenvalue weighted by Crippen LogP contribution is 2.17. The van der Waals surface area contributed by atoms with Gasteiger partial charge in [-0.1, -0.05) is 34.6 Å². The third-order valence-corrected chi connectivity index (χ3v) is 2.70. The van der Waals surface area contributed by atoms with Gasteiger partial charge in [0.05, 0.1) is 0 Å². The zero-order valence-electron chi connectivity index (χ0n) is 10.1. The Hall–Kier alpha value is -0.0400. The molecule has 0 amide bonds. The first-order valence-electron chi connectivity index (χ1n) is 5.68. The molecular formula is C12H27N. The van der Waals surface area contributed by atoms with E-state index in [-0.39, 0.29) is 0 Å². The van der Waals surface area contributed by atoms with E-state index >= 15 is 0 Å². The largest absolute Gasteiger partial charge is 0.316 e. The van der Waals surface area contributed by atoms with Crippen LogP contribution in [0.25, 0.3) is 0 Å². The summed E-state index contributed by atoms with van der Waals surface area (Å²) in [7, 11) is 0. The van der Waals surface area contributed by atoms with E-state index in [1.165, 1.54) is 25.8 Å². The minimum Gasteiger partial charge on any atom is -0.316 e. The summed E-state index contributed by atoms with van der Waals surface area (Å²) < 4.78 is 0. The van der Waals surface area contributed by atoms with Crippen molar-refractivity contribution in [3.63, 3.8) is 0 Å². The Morgan fingerprint density at radius 1 is 1.23 bits per heavy atom. The molecule has 0 fully saturated rings. The smallest absolute Gasteiger partial charge is 0.000241 e. The van der Waals surface area contributed by atoms with Crippen LogP contribution in [0.4, 0.5) is 0 Å². The summed E-state index contributed by atoms with van der Waals surface area (Å²) in [6.45, 7) is 13.8. The van der Waals surface area contributed by atoms with Crippen LogP contribution in [0, 0.1) is 11.3 Å². The second kappa shape index (κ2) is 6.42. The topological polar surface area (TPSA) is 12.0 Å². The van der Waals surface area contributed by atoms with Crippen molar-refractivity contribution in [2.45, 2.75) is 53.9 Å². The number of rotatable bonds is 7. The molecule has 0 aromatic rings. The Kier molecular flexibility index (Phi) is 6.40. The number of nitrogens with one attached hydrogen (secondary N) is 1. The zero-order chi connectivity index (χ0) is 10.3. The van der Waals surface area contributed by atoms with Crippen LogP contribution in [0.5, 0.6) is 0 Å². The molecule has 0 heterocycles. The van der Waals surface area contributed by atoms with Gasteiger partial charge in [0.25, 0.3) is 0 Å². The minimum absolute atomic E-state index is 0.470. The number of hydrogen-bond donors (Lipinski definition) is 1. The molecule has 0 aromatic carbocycles. The van der Waals surface area contributed by atoms with E-state index in [4.69, 9.17) is 0 Å². The molecule has 0 saturated carbocycles. The summed E-state index contributed by atoms with van der Waals surface area (Å²) in [6, 6.07) is 0. The van der Waals surface area contributed by atoms with Gasteiger partial charge in [-0.15, -0.1) is 0 Å². The van der Waals surface area contributed by atoms with E-state index < -0.39 is 0 Å². The maximum atomic E-state index is 3.53. The van der Waals surface area contributed by atoms with E-state index in [1.807, 2.05) is 0 Å². The van der Waals surface area contributed by atoms with Crippen molar-refractivity contribution >= 4 is 0 Å². The van der Waals surface area contributed by atoms with Crippen LogP contribution in [-0.4, -0.2) is 13.1 Å². The lowest BCUT2D eigenvalue weighted by atomic mass is 9.90. The molecule has 0 rings (SSSR count). The molecular weight excluding hydrogens is 158 g/mol. The molecule has 0 radical (unpaired) electrons. The Morgan fingerprint density at radius 3 is 2.31 bits per heavy atom.